The summed E-state index contributed by atoms with van der Waals surface area (Å²) in [6, 6.07) is 1.30. The summed E-state index contributed by atoms with van der Waals surface area (Å²) >= 11 is 0. The fourth-order valence-corrected chi connectivity index (χ4v) is 2.69. The summed E-state index contributed by atoms with van der Waals surface area (Å²) in [5.41, 5.74) is -0.214. The van der Waals surface area contributed by atoms with Crippen LogP contribution in [-0.2, 0) is 9.53 Å². The minimum atomic E-state index is -0.946. The van der Waals surface area contributed by atoms with Crippen molar-refractivity contribution in [3.05, 3.63) is 27.4 Å². The third-order valence-corrected chi connectivity index (χ3v) is 3.76. The summed E-state index contributed by atoms with van der Waals surface area (Å²) in [6.07, 6.45) is 1.09. The molecule has 0 saturated carbocycles. The van der Waals surface area contributed by atoms with Gasteiger partial charge in [-0.15, -0.1) is 0 Å². The smallest absolute Gasteiger partial charge is 0.345 e. The largest absolute Gasteiger partial charge is 0.481 e. The van der Waals surface area contributed by atoms with Gasteiger partial charge >= 0.3 is 17.6 Å². The second-order valence-corrected chi connectivity index (χ2v) is 5.36. The third kappa shape index (κ3) is 3.38. The van der Waals surface area contributed by atoms with Crippen LogP contribution in [0.1, 0.15) is 28.9 Å². The lowest BCUT2D eigenvalue weighted by Gasteiger charge is -2.31. The topological polar surface area (TPSA) is 123 Å². The van der Waals surface area contributed by atoms with Crippen molar-refractivity contribution in [3.63, 3.8) is 0 Å². The van der Waals surface area contributed by atoms with E-state index in [1.54, 1.807) is 11.8 Å². The zero-order valence-electron chi connectivity index (χ0n) is 12.8. The number of hydrogen-bond acceptors (Lipinski definition) is 7. The van der Waals surface area contributed by atoms with Crippen molar-refractivity contribution < 1.29 is 24.4 Å². The first kappa shape index (κ1) is 16.7. The lowest BCUT2D eigenvalue weighted by atomic mass is 9.98. The first-order valence-electron chi connectivity index (χ1n) is 7.07. The zero-order valence-corrected chi connectivity index (χ0v) is 12.8. The zero-order chi connectivity index (χ0) is 17.1. The van der Waals surface area contributed by atoms with Crippen LogP contribution in [-0.4, -0.2) is 47.2 Å². The number of ether oxygens (including phenoxy) is 1. The van der Waals surface area contributed by atoms with Gasteiger partial charge in [0, 0.05) is 18.8 Å². The number of aromatic nitrogens is 1. The molecule has 1 aliphatic rings. The van der Waals surface area contributed by atoms with Crippen LogP contribution in [0.25, 0.3) is 0 Å². The summed E-state index contributed by atoms with van der Waals surface area (Å²) in [4.78, 5) is 39.5. The molecule has 1 fully saturated rings. The molecule has 0 aliphatic carbocycles. The lowest BCUT2D eigenvalue weighted by Crippen LogP contribution is -2.39. The molecule has 1 N–H and O–H groups in total. The Balaban J connectivity index is 2.52. The molecule has 9 nitrogen and oxygen atoms in total. The second-order valence-electron chi connectivity index (χ2n) is 5.36. The molecule has 0 radical (unpaired) electrons. The molecule has 124 valence electrons. The molecular weight excluding hydrogens is 306 g/mol. The van der Waals surface area contributed by atoms with Gasteiger partial charge in [-0.1, -0.05) is 0 Å². The van der Waals surface area contributed by atoms with Crippen molar-refractivity contribution in [1.82, 2.24) is 4.98 Å². The number of pyridine rings is 1. The number of aryl methyl sites for hydroxylation is 1. The Morgan fingerprint density at radius 2 is 2.22 bits per heavy atom. The van der Waals surface area contributed by atoms with Crippen LogP contribution in [0.2, 0.25) is 0 Å². The monoisotopic (exact) mass is 323 g/mol. The van der Waals surface area contributed by atoms with E-state index in [2.05, 4.69) is 9.72 Å². The van der Waals surface area contributed by atoms with E-state index < -0.39 is 28.5 Å². The van der Waals surface area contributed by atoms with Gasteiger partial charge < -0.3 is 14.7 Å². The van der Waals surface area contributed by atoms with Gasteiger partial charge in [0.1, 0.15) is 5.56 Å². The lowest BCUT2D eigenvalue weighted by molar-refractivity contribution is -0.384. The van der Waals surface area contributed by atoms with Crippen LogP contribution in [0.15, 0.2) is 6.07 Å². The summed E-state index contributed by atoms with van der Waals surface area (Å²) in [5.74, 6) is -2.37. The molecule has 0 aromatic carbocycles. The van der Waals surface area contributed by atoms with Gasteiger partial charge in [0.15, 0.2) is 0 Å². The van der Waals surface area contributed by atoms with Crippen molar-refractivity contribution >= 4 is 23.4 Å². The number of carbonyl (C=O) groups excluding carboxylic acids is 1. The number of rotatable bonds is 4. The van der Waals surface area contributed by atoms with Crippen LogP contribution in [0.5, 0.6) is 0 Å². The molecule has 0 amide bonds. The molecule has 2 rings (SSSR count). The number of carboxylic acids is 1. The van der Waals surface area contributed by atoms with E-state index in [-0.39, 0.29) is 17.9 Å². The van der Waals surface area contributed by atoms with Crippen LogP contribution in [0.4, 0.5) is 11.5 Å². The van der Waals surface area contributed by atoms with Gasteiger partial charge in [-0.25, -0.2) is 9.78 Å². The summed E-state index contributed by atoms with van der Waals surface area (Å²) < 4.78 is 4.60. The number of aliphatic carboxylic acids is 1. The Bertz CT molecular complexity index is 660. The van der Waals surface area contributed by atoms with Crippen molar-refractivity contribution in [1.29, 1.82) is 0 Å². The highest BCUT2D eigenvalue weighted by Gasteiger charge is 2.34. The van der Waals surface area contributed by atoms with E-state index in [0.29, 0.717) is 25.1 Å². The third-order valence-electron chi connectivity index (χ3n) is 3.76. The summed E-state index contributed by atoms with van der Waals surface area (Å²) in [5, 5.41) is 20.6. The SMILES string of the molecule is COC(=O)c1cc(C)nc(N2CCCC(C(=O)O)C2)c1[N+](=O)[O-]. The standard InChI is InChI=1S/C14H17N3O6/c1-8-6-10(14(20)23-2)11(17(21)22)12(15-8)16-5-3-4-9(7-16)13(18)19/h6,9H,3-5,7H2,1-2H3,(H,18,19). The Morgan fingerprint density at radius 3 is 2.78 bits per heavy atom. The van der Waals surface area contributed by atoms with Crippen LogP contribution < -0.4 is 4.90 Å². The molecule has 1 aromatic heterocycles. The summed E-state index contributed by atoms with van der Waals surface area (Å²) in [7, 11) is 1.14. The first-order valence-corrected chi connectivity index (χ1v) is 7.07. The Morgan fingerprint density at radius 1 is 1.52 bits per heavy atom. The van der Waals surface area contributed by atoms with Gasteiger partial charge in [-0.3, -0.25) is 14.9 Å². The number of nitro groups is 1. The van der Waals surface area contributed by atoms with E-state index in [0.717, 1.165) is 7.11 Å². The van der Waals surface area contributed by atoms with Gasteiger partial charge in [-0.05, 0) is 25.8 Å². The number of anilines is 1. The molecule has 1 unspecified atom stereocenters. The Hall–Kier alpha value is -2.71. The predicted molar refractivity (Wildman–Crippen MR) is 79.5 cm³/mol. The average molecular weight is 323 g/mol. The van der Waals surface area contributed by atoms with E-state index >= 15 is 0 Å². The van der Waals surface area contributed by atoms with E-state index in [9.17, 15) is 19.7 Å². The number of piperidine rings is 1. The minimum Gasteiger partial charge on any atom is -0.481 e. The maximum atomic E-state index is 11.8. The molecule has 1 atom stereocenters. The second kappa shape index (κ2) is 6.59. The molecule has 0 bridgehead atoms. The molecule has 1 saturated heterocycles. The highest BCUT2D eigenvalue weighted by Crippen LogP contribution is 2.33. The molecular formula is C14H17N3O6. The number of carboxylic acid groups (broad SMARTS) is 1. The van der Waals surface area contributed by atoms with Crippen LogP contribution in [0.3, 0.4) is 0 Å². The molecule has 1 aromatic rings. The van der Waals surface area contributed by atoms with Crippen LogP contribution in [0, 0.1) is 23.0 Å². The summed E-state index contributed by atoms with van der Waals surface area (Å²) in [6.45, 7) is 2.17. The van der Waals surface area contributed by atoms with Gasteiger partial charge in [0.25, 0.3) is 0 Å². The van der Waals surface area contributed by atoms with Gasteiger partial charge in [0.05, 0.1) is 18.0 Å². The first-order chi connectivity index (χ1) is 10.8. The average Bonchev–Trinajstić information content (AvgIpc) is 2.52. The van der Waals surface area contributed by atoms with E-state index in [1.165, 1.54) is 6.07 Å². The van der Waals surface area contributed by atoms with Gasteiger partial charge in [-0.2, -0.15) is 0 Å². The minimum absolute atomic E-state index is 0.0151. The maximum Gasteiger partial charge on any atom is 0.345 e. The fourth-order valence-electron chi connectivity index (χ4n) is 2.69. The molecule has 2 heterocycles. The van der Waals surface area contributed by atoms with Crippen molar-refractivity contribution in [2.24, 2.45) is 5.92 Å². The number of methoxy groups -OCH3 is 1. The molecule has 9 heteroatoms. The molecule has 0 spiro atoms. The van der Waals surface area contributed by atoms with Crippen molar-refractivity contribution in [2.45, 2.75) is 19.8 Å². The fraction of sp³-hybridized carbons (Fsp3) is 0.500. The van der Waals surface area contributed by atoms with Crippen molar-refractivity contribution in [2.75, 3.05) is 25.1 Å². The number of carbonyl (C=O) groups is 2. The quantitative estimate of drug-likeness (QED) is 0.501. The van der Waals surface area contributed by atoms with Crippen LogP contribution >= 0.6 is 0 Å². The maximum absolute atomic E-state index is 11.8. The normalized spacial score (nSPS) is 17.7. The molecule has 1 aliphatic heterocycles. The number of esters is 1. The number of hydrogen-bond donors (Lipinski definition) is 1. The Labute approximate surface area is 132 Å². The van der Waals surface area contributed by atoms with Gasteiger partial charge in [0.2, 0.25) is 5.82 Å². The van der Waals surface area contributed by atoms with E-state index in [4.69, 9.17) is 5.11 Å². The predicted octanol–water partition coefficient (Wildman–Crippen LogP) is 1.39. The van der Waals surface area contributed by atoms with Crippen molar-refractivity contribution in [3.8, 4) is 0 Å². The molecule has 23 heavy (non-hydrogen) atoms. The highest BCUT2D eigenvalue weighted by atomic mass is 16.6. The van der Waals surface area contributed by atoms with E-state index in [1.807, 2.05) is 0 Å². The highest BCUT2D eigenvalue weighted by molar-refractivity contribution is 5.96. The number of nitrogens with zero attached hydrogens (tertiary/aromatic N) is 3. The Kier molecular flexibility index (Phi) is 4.77.